The molecule has 0 atom stereocenters. The molecular weight excluding hydrogens is 274 g/mol. The molecule has 0 bridgehead atoms. The lowest BCUT2D eigenvalue weighted by Crippen LogP contribution is -2.41. The summed E-state index contributed by atoms with van der Waals surface area (Å²) in [5, 5.41) is 7.78. The highest BCUT2D eigenvalue weighted by atomic mass is 32.2. The van der Waals surface area contributed by atoms with Crippen molar-refractivity contribution in [1.82, 2.24) is 15.1 Å². The van der Waals surface area contributed by atoms with Crippen LogP contribution in [-0.4, -0.2) is 35.7 Å². The van der Waals surface area contributed by atoms with E-state index in [0.717, 1.165) is 5.69 Å². The predicted molar refractivity (Wildman–Crippen MR) is 80.4 cm³/mol. The minimum absolute atomic E-state index is 0.433. The molecule has 6 heteroatoms. The molecule has 0 amide bonds. The molecular formula is C14H25N3O2S. The van der Waals surface area contributed by atoms with Crippen molar-refractivity contribution in [1.29, 1.82) is 0 Å². The first-order chi connectivity index (χ1) is 9.29. The Morgan fingerprint density at radius 3 is 2.65 bits per heavy atom. The van der Waals surface area contributed by atoms with Crippen LogP contribution in [0.2, 0.25) is 0 Å². The van der Waals surface area contributed by atoms with Crippen LogP contribution in [0.25, 0.3) is 0 Å². The quantitative estimate of drug-likeness (QED) is 0.871. The van der Waals surface area contributed by atoms with Crippen molar-refractivity contribution in [2.75, 3.05) is 12.8 Å². The first kappa shape index (κ1) is 15.5. The Kier molecular flexibility index (Phi) is 4.54. The average Bonchev–Trinajstić information content (AvgIpc) is 2.96. The zero-order valence-corrected chi connectivity index (χ0v) is 13.4. The monoisotopic (exact) mass is 299 g/mol. The molecule has 0 spiro atoms. The van der Waals surface area contributed by atoms with Gasteiger partial charge in [-0.25, -0.2) is 8.42 Å². The van der Waals surface area contributed by atoms with Crippen molar-refractivity contribution < 1.29 is 8.42 Å². The molecule has 5 nitrogen and oxygen atoms in total. The van der Waals surface area contributed by atoms with Gasteiger partial charge in [0.1, 0.15) is 0 Å². The van der Waals surface area contributed by atoms with Crippen LogP contribution in [0.3, 0.4) is 0 Å². The van der Waals surface area contributed by atoms with E-state index in [2.05, 4.69) is 15.1 Å². The Hall–Kier alpha value is -0.880. The third kappa shape index (κ3) is 3.61. The summed E-state index contributed by atoms with van der Waals surface area (Å²) in [5.41, 5.74) is 0.973. The second-order valence-electron chi connectivity index (χ2n) is 6.36. The Bertz CT molecular complexity index is 543. The molecule has 1 aliphatic rings. The molecule has 0 saturated heterocycles. The van der Waals surface area contributed by atoms with Crippen molar-refractivity contribution in [3.63, 3.8) is 0 Å². The molecule has 0 aliphatic heterocycles. The van der Waals surface area contributed by atoms with Crippen LogP contribution in [0, 0.1) is 0 Å². The summed E-state index contributed by atoms with van der Waals surface area (Å²) in [6.07, 6.45) is 8.34. The van der Waals surface area contributed by atoms with Crippen molar-refractivity contribution >= 4 is 9.84 Å². The van der Waals surface area contributed by atoms with Gasteiger partial charge in [-0.1, -0.05) is 12.8 Å². The third-order valence-electron chi connectivity index (χ3n) is 4.22. The lowest BCUT2D eigenvalue weighted by Gasteiger charge is -2.22. The average molecular weight is 299 g/mol. The maximum atomic E-state index is 11.6. The molecule has 1 fully saturated rings. The minimum Gasteiger partial charge on any atom is -0.310 e. The van der Waals surface area contributed by atoms with Crippen LogP contribution in [-0.2, 0) is 16.4 Å². The molecule has 1 aromatic heterocycles. The standard InChI is InChI=1S/C14H25N3O2S/c1-14(2,20(3,18)19)11-15-10-12-8-9-17(16-12)13-6-4-5-7-13/h8-9,13,15H,4-7,10-11H2,1-3H3. The molecule has 20 heavy (non-hydrogen) atoms. The fraction of sp³-hybridized carbons (Fsp3) is 0.786. The predicted octanol–water partition coefficient (Wildman–Crippen LogP) is 1.91. The van der Waals surface area contributed by atoms with E-state index in [1.807, 2.05) is 12.3 Å². The smallest absolute Gasteiger partial charge is 0.153 e. The van der Waals surface area contributed by atoms with Gasteiger partial charge in [-0.3, -0.25) is 4.68 Å². The number of nitrogens with one attached hydrogen (secondary N) is 1. The first-order valence-corrected chi connectivity index (χ1v) is 9.13. The van der Waals surface area contributed by atoms with Crippen LogP contribution in [0.5, 0.6) is 0 Å². The Labute approximate surface area is 121 Å². The van der Waals surface area contributed by atoms with E-state index in [1.54, 1.807) is 13.8 Å². The molecule has 1 aliphatic carbocycles. The SMILES string of the molecule is CC(C)(CNCc1ccn(C2CCCC2)n1)S(C)(=O)=O. The van der Waals surface area contributed by atoms with Crippen molar-refractivity contribution in [2.45, 2.75) is 56.9 Å². The summed E-state index contributed by atoms with van der Waals surface area (Å²) in [7, 11) is -3.05. The largest absolute Gasteiger partial charge is 0.310 e. The fourth-order valence-corrected chi connectivity index (χ4v) is 2.83. The molecule has 0 unspecified atom stereocenters. The number of hydrogen-bond donors (Lipinski definition) is 1. The van der Waals surface area contributed by atoms with Gasteiger partial charge in [-0.2, -0.15) is 5.10 Å². The summed E-state index contributed by atoms with van der Waals surface area (Å²) >= 11 is 0. The molecule has 2 rings (SSSR count). The van der Waals surface area contributed by atoms with Gasteiger partial charge in [0.15, 0.2) is 9.84 Å². The zero-order valence-electron chi connectivity index (χ0n) is 12.6. The summed E-state index contributed by atoms with van der Waals surface area (Å²) in [6.45, 7) is 4.53. The highest BCUT2D eigenvalue weighted by Crippen LogP contribution is 2.28. The van der Waals surface area contributed by atoms with Crippen LogP contribution in [0.4, 0.5) is 0 Å². The lowest BCUT2D eigenvalue weighted by molar-refractivity contribution is 0.459. The van der Waals surface area contributed by atoms with E-state index >= 15 is 0 Å². The summed E-state index contributed by atoms with van der Waals surface area (Å²) < 4.78 is 24.5. The molecule has 114 valence electrons. The van der Waals surface area contributed by atoms with E-state index in [9.17, 15) is 8.42 Å². The van der Waals surface area contributed by atoms with E-state index in [4.69, 9.17) is 0 Å². The van der Waals surface area contributed by atoms with Gasteiger partial charge in [0, 0.05) is 25.5 Å². The van der Waals surface area contributed by atoms with Gasteiger partial charge in [-0.15, -0.1) is 0 Å². The molecule has 1 N–H and O–H groups in total. The zero-order chi connectivity index (χ0) is 14.8. The number of hydrogen-bond acceptors (Lipinski definition) is 4. The summed E-state index contributed by atoms with van der Waals surface area (Å²) in [6, 6.07) is 2.56. The Balaban J connectivity index is 1.86. The lowest BCUT2D eigenvalue weighted by atomic mass is 10.2. The van der Waals surface area contributed by atoms with E-state index in [0.29, 0.717) is 19.1 Å². The van der Waals surface area contributed by atoms with Crippen LogP contribution in [0.1, 0.15) is 51.3 Å². The number of aromatic nitrogens is 2. The molecule has 1 heterocycles. The number of sulfone groups is 1. The van der Waals surface area contributed by atoms with Gasteiger partial charge >= 0.3 is 0 Å². The molecule has 1 aromatic rings. The topological polar surface area (TPSA) is 64.0 Å². The maximum Gasteiger partial charge on any atom is 0.153 e. The number of nitrogens with zero attached hydrogens (tertiary/aromatic N) is 2. The maximum absolute atomic E-state index is 11.6. The molecule has 0 radical (unpaired) electrons. The van der Waals surface area contributed by atoms with Gasteiger partial charge in [0.2, 0.25) is 0 Å². The van der Waals surface area contributed by atoms with Gasteiger partial charge in [-0.05, 0) is 32.8 Å². The van der Waals surface area contributed by atoms with Gasteiger partial charge in [0.25, 0.3) is 0 Å². The highest BCUT2D eigenvalue weighted by Gasteiger charge is 2.29. The summed E-state index contributed by atoms with van der Waals surface area (Å²) in [4.78, 5) is 0. The minimum atomic E-state index is -3.05. The van der Waals surface area contributed by atoms with E-state index in [1.165, 1.54) is 31.9 Å². The second-order valence-corrected chi connectivity index (χ2v) is 9.01. The van der Waals surface area contributed by atoms with E-state index < -0.39 is 14.6 Å². The van der Waals surface area contributed by atoms with Crippen LogP contribution >= 0.6 is 0 Å². The van der Waals surface area contributed by atoms with Crippen LogP contribution < -0.4 is 5.32 Å². The van der Waals surface area contributed by atoms with Crippen molar-refractivity contribution in [3.05, 3.63) is 18.0 Å². The van der Waals surface area contributed by atoms with Crippen molar-refractivity contribution in [3.8, 4) is 0 Å². The Morgan fingerprint density at radius 2 is 2.05 bits per heavy atom. The highest BCUT2D eigenvalue weighted by molar-refractivity contribution is 7.92. The summed E-state index contributed by atoms with van der Waals surface area (Å²) in [5.74, 6) is 0. The Morgan fingerprint density at radius 1 is 1.40 bits per heavy atom. The fourth-order valence-electron chi connectivity index (χ4n) is 2.47. The van der Waals surface area contributed by atoms with Crippen LogP contribution in [0.15, 0.2) is 12.3 Å². The molecule has 1 saturated carbocycles. The van der Waals surface area contributed by atoms with E-state index in [-0.39, 0.29) is 0 Å². The normalized spacial score (nSPS) is 17.8. The molecule has 0 aromatic carbocycles. The second kappa shape index (κ2) is 5.85. The number of rotatable bonds is 6. The third-order valence-corrected chi connectivity index (χ3v) is 6.37. The van der Waals surface area contributed by atoms with Gasteiger partial charge in [0.05, 0.1) is 16.5 Å². The first-order valence-electron chi connectivity index (χ1n) is 7.24. The van der Waals surface area contributed by atoms with Gasteiger partial charge < -0.3 is 5.32 Å². The van der Waals surface area contributed by atoms with Crippen molar-refractivity contribution in [2.24, 2.45) is 0 Å².